The van der Waals surface area contributed by atoms with Crippen LogP contribution in [0.4, 0.5) is 0 Å². The molecule has 1 radical (unpaired) electrons. The van der Waals surface area contributed by atoms with E-state index in [1.54, 1.807) is 0 Å². The Bertz CT molecular complexity index is 260. The number of hydrogen-bond donors (Lipinski definition) is 0. The molecule has 1 aromatic carbocycles. The summed E-state index contributed by atoms with van der Waals surface area (Å²) >= 11 is 0. The Morgan fingerprint density at radius 2 is 2.42 bits per heavy atom. The first kappa shape index (κ1) is 10.2. The van der Waals surface area contributed by atoms with Gasteiger partial charge in [0.05, 0.1) is 6.10 Å². The maximum absolute atomic E-state index is 5.61. The van der Waals surface area contributed by atoms with Gasteiger partial charge in [-0.2, -0.15) is 18.2 Å². The first-order valence-electron chi connectivity index (χ1n) is 4.02. The van der Waals surface area contributed by atoms with E-state index in [-0.39, 0.29) is 32.7 Å². The van der Waals surface area contributed by atoms with Crippen molar-refractivity contribution in [1.82, 2.24) is 0 Å². The second-order valence-electron chi connectivity index (χ2n) is 3.00. The zero-order valence-electron chi connectivity index (χ0n) is 7.21. The molecule has 12 heavy (non-hydrogen) atoms. The average molecular weight is 236 g/mol. The van der Waals surface area contributed by atoms with E-state index in [1.807, 2.05) is 18.2 Å². The molecule has 0 aliphatic carbocycles. The molecule has 2 heteroatoms. The maximum atomic E-state index is 5.61. The minimum atomic E-state index is 0. The van der Waals surface area contributed by atoms with E-state index >= 15 is 0 Å². The van der Waals surface area contributed by atoms with E-state index in [0.29, 0.717) is 6.10 Å². The normalized spacial score (nSPS) is 20.2. The van der Waals surface area contributed by atoms with Gasteiger partial charge in [-0.05, 0) is 13.3 Å². The van der Waals surface area contributed by atoms with Crippen molar-refractivity contribution in [2.45, 2.75) is 25.9 Å². The van der Waals surface area contributed by atoms with Gasteiger partial charge in [0.15, 0.2) is 0 Å². The van der Waals surface area contributed by atoms with Crippen molar-refractivity contribution in [2.75, 3.05) is 0 Å². The van der Waals surface area contributed by atoms with Crippen molar-refractivity contribution in [3.63, 3.8) is 0 Å². The molecular formula is C10H11OY-. The third-order valence-electron chi connectivity index (χ3n) is 2.05. The molecule has 1 aromatic rings. The summed E-state index contributed by atoms with van der Waals surface area (Å²) in [5.41, 5.74) is 1.30. The molecule has 1 heterocycles. The SMILES string of the molecule is CC1CCc2c[c-]ccc2O1.[Y]. The number of fused-ring (bicyclic) bond motifs is 1. The maximum Gasteiger partial charge on any atom is 0.0921 e. The summed E-state index contributed by atoms with van der Waals surface area (Å²) in [6.07, 6.45) is 2.64. The van der Waals surface area contributed by atoms with E-state index < -0.39 is 0 Å². The molecule has 61 valence electrons. The largest absolute Gasteiger partial charge is 0.516 e. The molecule has 0 saturated carbocycles. The summed E-state index contributed by atoms with van der Waals surface area (Å²) in [6, 6.07) is 8.96. The number of aryl methyl sites for hydroxylation is 1. The van der Waals surface area contributed by atoms with Crippen LogP contribution in [0.1, 0.15) is 18.9 Å². The molecule has 0 aromatic heterocycles. The Morgan fingerprint density at radius 3 is 3.25 bits per heavy atom. The molecule has 1 unspecified atom stereocenters. The third-order valence-corrected chi connectivity index (χ3v) is 2.05. The van der Waals surface area contributed by atoms with Crippen LogP contribution in [0, 0.1) is 6.07 Å². The van der Waals surface area contributed by atoms with E-state index in [1.165, 1.54) is 5.56 Å². The molecule has 0 saturated heterocycles. The minimum Gasteiger partial charge on any atom is -0.516 e. The average Bonchev–Trinajstić information content (AvgIpc) is 2.04. The summed E-state index contributed by atoms with van der Waals surface area (Å²) in [5.74, 6) is 1.04. The van der Waals surface area contributed by atoms with Gasteiger partial charge >= 0.3 is 0 Å². The minimum absolute atomic E-state index is 0. The summed E-state index contributed by atoms with van der Waals surface area (Å²) in [6.45, 7) is 2.11. The number of hydrogen-bond acceptors (Lipinski definition) is 1. The molecule has 1 nitrogen and oxygen atoms in total. The Morgan fingerprint density at radius 1 is 1.58 bits per heavy atom. The van der Waals surface area contributed by atoms with Crippen molar-refractivity contribution in [1.29, 1.82) is 0 Å². The van der Waals surface area contributed by atoms with Gasteiger partial charge in [-0.15, -0.1) is 11.6 Å². The fraction of sp³-hybridized carbons (Fsp3) is 0.400. The van der Waals surface area contributed by atoms with Crippen molar-refractivity contribution in [2.24, 2.45) is 0 Å². The molecule has 1 aliphatic heterocycles. The Hall–Kier alpha value is 0.124. The van der Waals surface area contributed by atoms with Crippen molar-refractivity contribution in [3.05, 3.63) is 29.8 Å². The quantitative estimate of drug-likeness (QED) is 0.627. The second-order valence-corrected chi connectivity index (χ2v) is 3.00. The number of benzene rings is 1. The van der Waals surface area contributed by atoms with Gasteiger partial charge in [-0.1, -0.05) is 6.42 Å². The van der Waals surface area contributed by atoms with Gasteiger partial charge in [0.2, 0.25) is 0 Å². The zero-order chi connectivity index (χ0) is 7.68. The van der Waals surface area contributed by atoms with Gasteiger partial charge in [-0.25, -0.2) is 0 Å². The Balaban J connectivity index is 0.000000720. The fourth-order valence-corrected chi connectivity index (χ4v) is 1.40. The smallest absolute Gasteiger partial charge is 0.0921 e. The monoisotopic (exact) mass is 236 g/mol. The predicted molar refractivity (Wildman–Crippen MR) is 43.7 cm³/mol. The van der Waals surface area contributed by atoms with Crippen LogP contribution in [0.15, 0.2) is 18.2 Å². The second kappa shape index (κ2) is 4.39. The Labute approximate surface area is 98.4 Å². The first-order valence-corrected chi connectivity index (χ1v) is 4.02. The molecule has 0 amide bonds. The van der Waals surface area contributed by atoms with Crippen LogP contribution in [0.5, 0.6) is 5.75 Å². The summed E-state index contributed by atoms with van der Waals surface area (Å²) < 4.78 is 5.61. The van der Waals surface area contributed by atoms with Crippen LogP contribution in [-0.4, -0.2) is 6.10 Å². The summed E-state index contributed by atoms with van der Waals surface area (Å²) in [4.78, 5) is 0. The third kappa shape index (κ3) is 2.08. The van der Waals surface area contributed by atoms with Gasteiger partial charge in [0.25, 0.3) is 0 Å². The van der Waals surface area contributed by atoms with Crippen LogP contribution in [-0.2, 0) is 39.1 Å². The van der Waals surface area contributed by atoms with Crippen LogP contribution in [0.3, 0.4) is 0 Å². The molecular weight excluding hydrogens is 225 g/mol. The fourth-order valence-electron chi connectivity index (χ4n) is 1.40. The predicted octanol–water partition coefficient (Wildman–Crippen LogP) is 2.20. The van der Waals surface area contributed by atoms with Gasteiger partial charge < -0.3 is 4.74 Å². The molecule has 0 spiro atoms. The summed E-state index contributed by atoms with van der Waals surface area (Å²) in [5, 5.41) is 0. The van der Waals surface area contributed by atoms with E-state index in [9.17, 15) is 0 Å². The van der Waals surface area contributed by atoms with Crippen LogP contribution in [0.2, 0.25) is 0 Å². The molecule has 0 N–H and O–H groups in total. The molecule has 2 rings (SSSR count). The van der Waals surface area contributed by atoms with E-state index in [4.69, 9.17) is 4.74 Å². The van der Waals surface area contributed by atoms with Crippen molar-refractivity contribution >= 4 is 0 Å². The number of ether oxygens (including phenoxy) is 1. The van der Waals surface area contributed by atoms with Crippen molar-refractivity contribution < 1.29 is 37.4 Å². The topological polar surface area (TPSA) is 9.23 Å². The molecule has 0 bridgehead atoms. The first-order chi connectivity index (χ1) is 5.36. The van der Waals surface area contributed by atoms with E-state index in [0.717, 1.165) is 18.6 Å². The molecule has 0 fully saturated rings. The molecule has 1 atom stereocenters. The number of rotatable bonds is 0. The van der Waals surface area contributed by atoms with Crippen molar-refractivity contribution in [3.8, 4) is 5.75 Å². The van der Waals surface area contributed by atoms with Crippen LogP contribution >= 0.6 is 0 Å². The van der Waals surface area contributed by atoms with Crippen LogP contribution in [0.25, 0.3) is 0 Å². The zero-order valence-corrected chi connectivity index (χ0v) is 10.0. The van der Waals surface area contributed by atoms with E-state index in [2.05, 4.69) is 13.0 Å². The standard InChI is InChI=1S/C10H11O.Y/c1-8-6-7-9-4-2-3-5-10(9)11-8;/h3-5,8H,6-7H2,1H3;/q-1;. The molecule has 1 aliphatic rings. The van der Waals surface area contributed by atoms with Crippen LogP contribution < -0.4 is 4.74 Å². The van der Waals surface area contributed by atoms with Gasteiger partial charge in [0.1, 0.15) is 0 Å². The van der Waals surface area contributed by atoms with Gasteiger partial charge in [-0.3, -0.25) is 0 Å². The summed E-state index contributed by atoms with van der Waals surface area (Å²) in [7, 11) is 0. The Kier molecular flexibility index (Phi) is 3.73. The van der Waals surface area contributed by atoms with Gasteiger partial charge in [0, 0.05) is 38.5 Å².